The van der Waals surface area contributed by atoms with E-state index in [-0.39, 0.29) is 6.04 Å². The molecule has 2 aromatic carbocycles. The van der Waals surface area contributed by atoms with Crippen LogP contribution < -0.4 is 15.8 Å². The van der Waals surface area contributed by atoms with Gasteiger partial charge in [-0.3, -0.25) is 0 Å². The van der Waals surface area contributed by atoms with Gasteiger partial charge in [0, 0.05) is 12.2 Å². The standard InChI is InChI=1S/C18H24N2O/c1-3-12-21-17-10-6-15(7-11-17)18(13-19)20-16-8-4-14(2)5-9-16/h4-11,18,20H,3,12-13,19H2,1-2H3. The van der Waals surface area contributed by atoms with Gasteiger partial charge in [0.1, 0.15) is 5.75 Å². The zero-order valence-corrected chi connectivity index (χ0v) is 12.8. The van der Waals surface area contributed by atoms with Crippen molar-refractivity contribution >= 4 is 5.69 Å². The van der Waals surface area contributed by atoms with E-state index in [1.807, 2.05) is 12.1 Å². The molecule has 3 nitrogen and oxygen atoms in total. The molecule has 2 rings (SSSR count). The minimum Gasteiger partial charge on any atom is -0.494 e. The zero-order valence-electron chi connectivity index (χ0n) is 12.8. The van der Waals surface area contributed by atoms with Crippen LogP contribution in [0.1, 0.15) is 30.5 Å². The van der Waals surface area contributed by atoms with Crippen LogP contribution in [0.3, 0.4) is 0 Å². The average molecular weight is 284 g/mol. The molecular formula is C18H24N2O. The minimum absolute atomic E-state index is 0.105. The number of anilines is 1. The van der Waals surface area contributed by atoms with E-state index in [1.165, 1.54) is 11.1 Å². The third-order valence-corrected chi connectivity index (χ3v) is 3.38. The summed E-state index contributed by atoms with van der Waals surface area (Å²) in [4.78, 5) is 0. The first-order chi connectivity index (χ1) is 10.2. The Bertz CT molecular complexity index is 534. The fraction of sp³-hybridized carbons (Fsp3) is 0.333. The van der Waals surface area contributed by atoms with Crippen molar-refractivity contribution in [2.24, 2.45) is 5.73 Å². The molecule has 0 amide bonds. The predicted octanol–water partition coefficient (Wildman–Crippen LogP) is 3.90. The van der Waals surface area contributed by atoms with Gasteiger partial charge in [0.2, 0.25) is 0 Å². The molecule has 3 N–H and O–H groups in total. The number of nitrogens with one attached hydrogen (secondary N) is 1. The number of hydrogen-bond acceptors (Lipinski definition) is 3. The average Bonchev–Trinajstić information content (AvgIpc) is 2.53. The minimum atomic E-state index is 0.105. The summed E-state index contributed by atoms with van der Waals surface area (Å²) in [6, 6.07) is 16.6. The van der Waals surface area contributed by atoms with E-state index >= 15 is 0 Å². The van der Waals surface area contributed by atoms with Crippen molar-refractivity contribution in [3.63, 3.8) is 0 Å². The predicted molar refractivity (Wildman–Crippen MR) is 88.8 cm³/mol. The normalized spacial score (nSPS) is 12.0. The highest BCUT2D eigenvalue weighted by Crippen LogP contribution is 2.21. The van der Waals surface area contributed by atoms with Crippen LogP contribution in [0.25, 0.3) is 0 Å². The molecule has 0 aliphatic heterocycles. The lowest BCUT2D eigenvalue weighted by Crippen LogP contribution is -2.20. The van der Waals surface area contributed by atoms with Gasteiger partial charge in [-0.15, -0.1) is 0 Å². The summed E-state index contributed by atoms with van der Waals surface area (Å²) in [5.41, 5.74) is 9.41. The van der Waals surface area contributed by atoms with Crippen LogP contribution >= 0.6 is 0 Å². The highest BCUT2D eigenvalue weighted by molar-refractivity contribution is 5.47. The van der Waals surface area contributed by atoms with Crippen LogP contribution in [-0.4, -0.2) is 13.2 Å². The first-order valence-corrected chi connectivity index (χ1v) is 7.49. The highest BCUT2D eigenvalue weighted by atomic mass is 16.5. The summed E-state index contributed by atoms with van der Waals surface area (Å²) in [6.45, 7) is 5.48. The van der Waals surface area contributed by atoms with Gasteiger partial charge in [-0.1, -0.05) is 36.8 Å². The SMILES string of the molecule is CCCOc1ccc(C(CN)Nc2ccc(C)cc2)cc1. The molecule has 0 bridgehead atoms. The Kier molecular flexibility index (Phi) is 5.64. The Morgan fingerprint density at radius 2 is 1.71 bits per heavy atom. The number of ether oxygens (including phenoxy) is 1. The number of benzene rings is 2. The van der Waals surface area contributed by atoms with Crippen LogP contribution in [0.4, 0.5) is 5.69 Å². The summed E-state index contributed by atoms with van der Waals surface area (Å²) < 4.78 is 5.60. The molecule has 0 saturated heterocycles. The molecule has 21 heavy (non-hydrogen) atoms. The highest BCUT2D eigenvalue weighted by Gasteiger charge is 2.09. The van der Waals surface area contributed by atoms with Crippen LogP contribution in [0, 0.1) is 6.92 Å². The third kappa shape index (κ3) is 4.50. The van der Waals surface area contributed by atoms with Crippen molar-refractivity contribution in [2.75, 3.05) is 18.5 Å². The van der Waals surface area contributed by atoms with Crippen molar-refractivity contribution in [2.45, 2.75) is 26.3 Å². The van der Waals surface area contributed by atoms with Gasteiger partial charge in [0.15, 0.2) is 0 Å². The second kappa shape index (κ2) is 7.70. The first kappa shape index (κ1) is 15.4. The van der Waals surface area contributed by atoms with Gasteiger partial charge in [-0.05, 0) is 43.2 Å². The maximum absolute atomic E-state index is 5.91. The molecule has 2 aromatic rings. The van der Waals surface area contributed by atoms with Crippen molar-refractivity contribution < 1.29 is 4.74 Å². The molecule has 0 heterocycles. The summed E-state index contributed by atoms with van der Waals surface area (Å²) in [5.74, 6) is 0.909. The molecule has 1 atom stereocenters. The van der Waals surface area contributed by atoms with E-state index < -0.39 is 0 Å². The van der Waals surface area contributed by atoms with E-state index in [1.54, 1.807) is 0 Å². The van der Waals surface area contributed by atoms with Gasteiger partial charge in [-0.2, -0.15) is 0 Å². The second-order valence-electron chi connectivity index (χ2n) is 5.22. The molecule has 3 heteroatoms. The lowest BCUT2D eigenvalue weighted by atomic mass is 10.1. The quantitative estimate of drug-likeness (QED) is 0.810. The maximum atomic E-state index is 5.91. The number of aryl methyl sites for hydroxylation is 1. The largest absolute Gasteiger partial charge is 0.494 e. The Hall–Kier alpha value is -2.00. The summed E-state index contributed by atoms with van der Waals surface area (Å²) in [6.07, 6.45) is 1.02. The maximum Gasteiger partial charge on any atom is 0.119 e. The molecule has 112 valence electrons. The van der Waals surface area contributed by atoms with Crippen LogP contribution in [0.5, 0.6) is 5.75 Å². The smallest absolute Gasteiger partial charge is 0.119 e. The molecule has 0 saturated carbocycles. The van der Waals surface area contributed by atoms with E-state index in [2.05, 4.69) is 55.6 Å². The monoisotopic (exact) mass is 284 g/mol. The second-order valence-corrected chi connectivity index (χ2v) is 5.22. The summed E-state index contributed by atoms with van der Waals surface area (Å²) in [7, 11) is 0. The molecule has 0 aliphatic carbocycles. The van der Waals surface area contributed by atoms with Gasteiger partial charge >= 0.3 is 0 Å². The Labute approximate surface area is 127 Å². The molecule has 0 aromatic heterocycles. The Balaban J connectivity index is 2.04. The molecule has 0 aliphatic rings. The van der Waals surface area contributed by atoms with Gasteiger partial charge in [-0.25, -0.2) is 0 Å². The first-order valence-electron chi connectivity index (χ1n) is 7.49. The van der Waals surface area contributed by atoms with E-state index in [9.17, 15) is 0 Å². The van der Waals surface area contributed by atoms with E-state index in [0.29, 0.717) is 6.54 Å². The Morgan fingerprint density at radius 3 is 2.29 bits per heavy atom. The van der Waals surface area contributed by atoms with Gasteiger partial charge in [0.05, 0.1) is 12.6 Å². The lowest BCUT2D eigenvalue weighted by Gasteiger charge is -2.19. The van der Waals surface area contributed by atoms with Crippen LogP contribution in [0.15, 0.2) is 48.5 Å². The molecule has 0 spiro atoms. The van der Waals surface area contributed by atoms with E-state index in [0.717, 1.165) is 24.5 Å². The van der Waals surface area contributed by atoms with Gasteiger partial charge < -0.3 is 15.8 Å². The van der Waals surface area contributed by atoms with Crippen LogP contribution in [0.2, 0.25) is 0 Å². The topological polar surface area (TPSA) is 47.3 Å². The Morgan fingerprint density at radius 1 is 1.05 bits per heavy atom. The van der Waals surface area contributed by atoms with Crippen LogP contribution in [-0.2, 0) is 0 Å². The lowest BCUT2D eigenvalue weighted by molar-refractivity contribution is 0.317. The van der Waals surface area contributed by atoms with Crippen molar-refractivity contribution in [3.05, 3.63) is 59.7 Å². The molecular weight excluding hydrogens is 260 g/mol. The number of rotatable bonds is 7. The molecule has 0 fully saturated rings. The summed E-state index contributed by atoms with van der Waals surface area (Å²) in [5, 5.41) is 3.47. The van der Waals surface area contributed by atoms with E-state index in [4.69, 9.17) is 10.5 Å². The molecule has 1 unspecified atom stereocenters. The fourth-order valence-corrected chi connectivity index (χ4v) is 2.15. The van der Waals surface area contributed by atoms with Gasteiger partial charge in [0.25, 0.3) is 0 Å². The third-order valence-electron chi connectivity index (χ3n) is 3.38. The number of hydrogen-bond donors (Lipinski definition) is 2. The van der Waals surface area contributed by atoms with Crippen molar-refractivity contribution in [1.29, 1.82) is 0 Å². The van der Waals surface area contributed by atoms with Crippen molar-refractivity contribution in [1.82, 2.24) is 0 Å². The fourth-order valence-electron chi connectivity index (χ4n) is 2.15. The van der Waals surface area contributed by atoms with Crippen molar-refractivity contribution in [3.8, 4) is 5.75 Å². The summed E-state index contributed by atoms with van der Waals surface area (Å²) >= 11 is 0. The molecule has 0 radical (unpaired) electrons. The zero-order chi connectivity index (χ0) is 15.1. The number of nitrogens with two attached hydrogens (primary N) is 1.